The molecule has 0 aromatic heterocycles. The monoisotopic (exact) mass is 390 g/mol. The molecule has 3 rings (SSSR count). The fourth-order valence-electron chi connectivity index (χ4n) is 4.29. The minimum absolute atomic E-state index is 0. The van der Waals surface area contributed by atoms with E-state index in [1.54, 1.807) is 0 Å². The van der Waals surface area contributed by atoms with Crippen molar-refractivity contribution in [1.29, 1.82) is 0 Å². The zero-order valence-electron chi connectivity index (χ0n) is 17.1. The van der Waals surface area contributed by atoms with Gasteiger partial charge in [0.2, 0.25) is 0 Å². The molecule has 0 unspecified atom stereocenters. The summed E-state index contributed by atoms with van der Waals surface area (Å²) in [5, 5.41) is 0. The summed E-state index contributed by atoms with van der Waals surface area (Å²) in [5.41, 5.74) is 4.56. The Labute approximate surface area is 171 Å². The van der Waals surface area contributed by atoms with Crippen LogP contribution < -0.4 is 0 Å². The Balaban J connectivity index is 0.00000280. The predicted octanol–water partition coefficient (Wildman–Crippen LogP) is 6.15. The van der Waals surface area contributed by atoms with Crippen molar-refractivity contribution >= 4 is 8.07 Å². The van der Waals surface area contributed by atoms with Crippen molar-refractivity contribution in [2.45, 2.75) is 50.4 Å². The Kier molecular flexibility index (Phi) is 9.19. The lowest BCUT2D eigenvalue weighted by Gasteiger charge is -2.33. The van der Waals surface area contributed by atoms with Gasteiger partial charge in [-0.05, 0) is 18.1 Å². The predicted molar refractivity (Wildman–Crippen MR) is 124 cm³/mol. The topological polar surface area (TPSA) is 31.5 Å². The van der Waals surface area contributed by atoms with Gasteiger partial charge in [-0.1, -0.05) is 140 Å². The lowest BCUT2D eigenvalue weighted by molar-refractivity contribution is 0.754. The number of unbranched alkanes of at least 4 members (excludes halogenated alkanes) is 2. The normalized spacial score (nSPS) is 11.0. The Morgan fingerprint density at radius 2 is 0.893 bits per heavy atom. The van der Waals surface area contributed by atoms with Crippen LogP contribution in [0.5, 0.6) is 0 Å². The van der Waals surface area contributed by atoms with E-state index in [-0.39, 0.29) is 5.48 Å². The minimum atomic E-state index is -1.56. The average molecular weight is 391 g/mol. The first-order valence-electron chi connectivity index (χ1n) is 10.4. The number of hydrogen-bond donors (Lipinski definition) is 0. The Hall–Kier alpha value is -2.16. The molecule has 0 saturated carbocycles. The zero-order valence-corrected chi connectivity index (χ0v) is 18.1. The number of rotatable bonds is 10. The van der Waals surface area contributed by atoms with Crippen molar-refractivity contribution in [3.05, 3.63) is 108 Å². The molecule has 0 fully saturated rings. The van der Waals surface area contributed by atoms with Crippen LogP contribution in [0.3, 0.4) is 0 Å². The Morgan fingerprint density at radius 3 is 1.21 bits per heavy atom. The van der Waals surface area contributed by atoms with Crippen LogP contribution >= 0.6 is 0 Å². The van der Waals surface area contributed by atoms with Gasteiger partial charge in [0.05, 0.1) is 8.07 Å². The van der Waals surface area contributed by atoms with E-state index < -0.39 is 8.07 Å². The molecule has 3 aromatic rings. The van der Waals surface area contributed by atoms with Gasteiger partial charge in [-0.3, -0.25) is 0 Å². The molecular weight excluding hydrogens is 356 g/mol. The highest BCUT2D eigenvalue weighted by molar-refractivity contribution is 6.78. The van der Waals surface area contributed by atoms with Gasteiger partial charge in [0.1, 0.15) is 0 Å². The largest absolute Gasteiger partial charge is 0.412 e. The van der Waals surface area contributed by atoms with Crippen molar-refractivity contribution in [3.8, 4) is 0 Å². The molecule has 0 amide bonds. The molecule has 0 aliphatic rings. The van der Waals surface area contributed by atoms with Crippen LogP contribution in [0.1, 0.15) is 42.9 Å². The molecule has 148 valence electrons. The van der Waals surface area contributed by atoms with Gasteiger partial charge in [0.15, 0.2) is 0 Å². The smallest absolute Gasteiger partial charge is 0.0666 e. The molecule has 3 aromatic carbocycles. The number of benzene rings is 3. The summed E-state index contributed by atoms with van der Waals surface area (Å²) in [4.78, 5) is 0. The standard InChI is InChI=1S/C26H32Si.H2O/c1-2-3-13-20-27(21-24-14-7-4-8-15-24,22-25-16-9-5-10-17-25)23-26-18-11-6-12-19-26;/h4-12,14-19H,2-3,13,20-23H2,1H3;1H2. The molecule has 0 aliphatic heterocycles. The van der Waals surface area contributed by atoms with Gasteiger partial charge in [0.25, 0.3) is 0 Å². The van der Waals surface area contributed by atoms with E-state index in [2.05, 4.69) is 97.9 Å². The molecule has 2 N–H and O–H groups in total. The zero-order chi connectivity index (χ0) is 18.8. The first-order valence-corrected chi connectivity index (χ1v) is 13.2. The molecule has 0 spiro atoms. The summed E-state index contributed by atoms with van der Waals surface area (Å²) in [6.07, 6.45) is 4.02. The maximum absolute atomic E-state index is 2.33. The molecule has 0 heterocycles. The Morgan fingerprint density at radius 1 is 0.536 bits per heavy atom. The van der Waals surface area contributed by atoms with E-state index in [0.717, 1.165) is 0 Å². The summed E-state index contributed by atoms with van der Waals surface area (Å²) in [6.45, 7) is 2.31. The van der Waals surface area contributed by atoms with Gasteiger partial charge in [-0.25, -0.2) is 0 Å². The average Bonchev–Trinajstić information content (AvgIpc) is 2.70. The van der Waals surface area contributed by atoms with Gasteiger partial charge in [-0.2, -0.15) is 0 Å². The Bertz CT molecular complexity index is 670. The second-order valence-corrected chi connectivity index (χ2v) is 12.5. The van der Waals surface area contributed by atoms with Gasteiger partial charge < -0.3 is 5.48 Å². The van der Waals surface area contributed by atoms with Crippen LogP contribution in [-0.2, 0) is 18.1 Å². The molecule has 28 heavy (non-hydrogen) atoms. The molecule has 1 nitrogen and oxygen atoms in total. The third-order valence-corrected chi connectivity index (χ3v) is 10.5. The van der Waals surface area contributed by atoms with Gasteiger partial charge in [0, 0.05) is 0 Å². The lowest BCUT2D eigenvalue weighted by atomic mass is 10.2. The van der Waals surface area contributed by atoms with Gasteiger partial charge in [-0.15, -0.1) is 0 Å². The summed E-state index contributed by atoms with van der Waals surface area (Å²) < 4.78 is 0. The molecule has 0 radical (unpaired) electrons. The quantitative estimate of drug-likeness (QED) is 0.294. The van der Waals surface area contributed by atoms with E-state index in [9.17, 15) is 0 Å². The molecular formula is C26H34OSi. The lowest BCUT2D eigenvalue weighted by Crippen LogP contribution is -2.43. The van der Waals surface area contributed by atoms with Crippen LogP contribution in [0, 0.1) is 0 Å². The maximum atomic E-state index is 2.33. The highest BCUT2D eigenvalue weighted by Crippen LogP contribution is 2.28. The second kappa shape index (κ2) is 11.6. The van der Waals surface area contributed by atoms with E-state index >= 15 is 0 Å². The van der Waals surface area contributed by atoms with Crippen molar-refractivity contribution in [1.82, 2.24) is 0 Å². The number of hydrogen-bond acceptors (Lipinski definition) is 0. The molecule has 0 bridgehead atoms. The highest BCUT2D eigenvalue weighted by Gasteiger charge is 2.33. The maximum Gasteiger partial charge on any atom is 0.0666 e. The van der Waals surface area contributed by atoms with E-state index in [1.807, 2.05) is 0 Å². The van der Waals surface area contributed by atoms with Crippen LogP contribution in [-0.4, -0.2) is 13.6 Å². The third-order valence-electron chi connectivity index (χ3n) is 5.58. The van der Waals surface area contributed by atoms with E-state index in [1.165, 1.54) is 60.1 Å². The molecule has 0 saturated heterocycles. The first kappa shape index (κ1) is 22.1. The van der Waals surface area contributed by atoms with Crippen LogP contribution in [0.4, 0.5) is 0 Å². The van der Waals surface area contributed by atoms with Crippen molar-refractivity contribution in [2.24, 2.45) is 0 Å². The highest BCUT2D eigenvalue weighted by atomic mass is 28.3. The summed E-state index contributed by atoms with van der Waals surface area (Å²) in [7, 11) is -1.56. The van der Waals surface area contributed by atoms with Gasteiger partial charge >= 0.3 is 0 Å². The van der Waals surface area contributed by atoms with Crippen LogP contribution in [0.15, 0.2) is 91.0 Å². The van der Waals surface area contributed by atoms with Crippen LogP contribution in [0.25, 0.3) is 0 Å². The summed E-state index contributed by atoms with van der Waals surface area (Å²) in [5.74, 6) is 0. The van der Waals surface area contributed by atoms with Crippen molar-refractivity contribution in [3.63, 3.8) is 0 Å². The molecule has 0 atom stereocenters. The summed E-state index contributed by atoms with van der Waals surface area (Å²) in [6, 6.07) is 38.9. The van der Waals surface area contributed by atoms with Crippen LogP contribution in [0.2, 0.25) is 6.04 Å². The van der Waals surface area contributed by atoms with E-state index in [4.69, 9.17) is 0 Å². The van der Waals surface area contributed by atoms with E-state index in [0.29, 0.717) is 0 Å². The fourth-order valence-corrected chi connectivity index (χ4v) is 9.50. The molecule has 0 aliphatic carbocycles. The fraction of sp³-hybridized carbons (Fsp3) is 0.308. The van der Waals surface area contributed by atoms with Crippen molar-refractivity contribution in [2.75, 3.05) is 0 Å². The molecule has 2 heteroatoms. The SMILES string of the molecule is CCCCC[Si](Cc1ccccc1)(Cc1ccccc1)Cc1ccccc1.O. The van der Waals surface area contributed by atoms with Crippen molar-refractivity contribution < 1.29 is 5.48 Å². The minimum Gasteiger partial charge on any atom is -0.412 e. The summed E-state index contributed by atoms with van der Waals surface area (Å²) >= 11 is 0. The first-order chi connectivity index (χ1) is 13.3. The third kappa shape index (κ3) is 6.77. The second-order valence-electron chi connectivity index (χ2n) is 7.94.